The number of carboxylic acid groups (broad SMARTS) is 1. The van der Waals surface area contributed by atoms with Crippen molar-refractivity contribution >= 4 is 16.0 Å². The van der Waals surface area contributed by atoms with Gasteiger partial charge in [-0.15, -0.1) is 0 Å². The molecule has 1 fully saturated rings. The Labute approximate surface area is 146 Å². The largest absolute Gasteiger partial charge is 0.490 e. The third-order valence-electron chi connectivity index (χ3n) is 4.21. The van der Waals surface area contributed by atoms with Crippen molar-refractivity contribution < 1.29 is 32.2 Å². The van der Waals surface area contributed by atoms with E-state index in [1.165, 1.54) is 13.2 Å². The zero-order valence-corrected chi connectivity index (χ0v) is 15.0. The lowest BCUT2D eigenvalue weighted by Crippen LogP contribution is -2.47. The smallest absolute Gasteiger partial charge is 0.307 e. The molecule has 0 saturated carbocycles. The number of carboxylic acids is 1. The summed E-state index contributed by atoms with van der Waals surface area (Å²) >= 11 is 0. The Balaban J connectivity index is 2.37. The predicted octanol–water partition coefficient (Wildman–Crippen LogP) is 1.72. The second kappa shape index (κ2) is 8.11. The van der Waals surface area contributed by atoms with Crippen LogP contribution in [0.3, 0.4) is 0 Å². The van der Waals surface area contributed by atoms with E-state index in [1.54, 1.807) is 6.92 Å². The van der Waals surface area contributed by atoms with Crippen LogP contribution in [0, 0.1) is 11.7 Å². The van der Waals surface area contributed by atoms with Gasteiger partial charge < -0.3 is 14.6 Å². The Kier molecular flexibility index (Phi) is 6.36. The van der Waals surface area contributed by atoms with E-state index < -0.39 is 27.7 Å². The summed E-state index contributed by atoms with van der Waals surface area (Å²) in [6.07, 6.45) is 0.828. The summed E-state index contributed by atoms with van der Waals surface area (Å²) in [5, 5.41) is 9.20. The summed E-state index contributed by atoms with van der Waals surface area (Å²) in [5.74, 6) is -2.51. The number of rotatable bonds is 7. The predicted molar refractivity (Wildman–Crippen MR) is 87.5 cm³/mol. The van der Waals surface area contributed by atoms with Gasteiger partial charge in [0.2, 0.25) is 10.0 Å². The van der Waals surface area contributed by atoms with Crippen LogP contribution in [0.4, 0.5) is 4.39 Å². The van der Waals surface area contributed by atoms with Gasteiger partial charge in [-0.2, -0.15) is 4.31 Å². The minimum atomic E-state index is -4.10. The first kappa shape index (κ1) is 19.6. The van der Waals surface area contributed by atoms with Crippen LogP contribution in [0.25, 0.3) is 0 Å². The van der Waals surface area contributed by atoms with Gasteiger partial charge >= 0.3 is 5.97 Å². The molecule has 0 spiro atoms. The molecule has 1 aromatic rings. The first-order valence-corrected chi connectivity index (χ1v) is 9.37. The highest BCUT2D eigenvalue weighted by molar-refractivity contribution is 7.89. The molecule has 1 N–H and O–H groups in total. The second-order valence-electron chi connectivity index (χ2n) is 5.97. The monoisotopic (exact) mass is 375 g/mol. The third-order valence-corrected chi connectivity index (χ3v) is 6.21. The molecule has 1 aliphatic heterocycles. The first-order valence-electron chi connectivity index (χ1n) is 7.93. The third kappa shape index (κ3) is 4.47. The lowest BCUT2D eigenvalue weighted by atomic mass is 9.96. The molecule has 0 bridgehead atoms. The summed E-state index contributed by atoms with van der Waals surface area (Å²) in [6, 6.07) is 2.88. The molecular formula is C16H22FNO6S. The molecule has 25 heavy (non-hydrogen) atoms. The van der Waals surface area contributed by atoms with Crippen LogP contribution in [-0.2, 0) is 19.6 Å². The normalized spacial score (nSPS) is 21.9. The standard InChI is InChI=1S/C16H22FNO6S/c1-11-3-4-12(16(19)20)10-18(11)25(21,22)15-9-13(17)5-6-14(15)24-8-7-23-2/h5-6,9,11-12H,3-4,7-8,10H2,1-2H3,(H,19,20). The van der Waals surface area contributed by atoms with Crippen molar-refractivity contribution in [1.29, 1.82) is 0 Å². The van der Waals surface area contributed by atoms with Crippen LogP contribution >= 0.6 is 0 Å². The number of hydrogen-bond acceptors (Lipinski definition) is 5. The van der Waals surface area contributed by atoms with Gasteiger partial charge in [-0.1, -0.05) is 0 Å². The molecule has 1 aromatic carbocycles. The second-order valence-corrected chi connectivity index (χ2v) is 7.83. The van der Waals surface area contributed by atoms with E-state index in [1.807, 2.05) is 0 Å². The number of sulfonamides is 1. The van der Waals surface area contributed by atoms with Crippen molar-refractivity contribution in [3.05, 3.63) is 24.0 Å². The van der Waals surface area contributed by atoms with E-state index in [4.69, 9.17) is 9.47 Å². The van der Waals surface area contributed by atoms with Gasteiger partial charge in [0.25, 0.3) is 0 Å². The van der Waals surface area contributed by atoms with E-state index in [9.17, 15) is 22.7 Å². The van der Waals surface area contributed by atoms with Crippen molar-refractivity contribution in [3.8, 4) is 5.75 Å². The van der Waals surface area contributed by atoms with E-state index in [0.29, 0.717) is 12.8 Å². The van der Waals surface area contributed by atoms with E-state index in [-0.39, 0.29) is 36.4 Å². The van der Waals surface area contributed by atoms with Crippen molar-refractivity contribution in [3.63, 3.8) is 0 Å². The summed E-state index contributed by atoms with van der Waals surface area (Å²) in [6.45, 7) is 1.92. The van der Waals surface area contributed by atoms with Gasteiger partial charge in [0.1, 0.15) is 23.1 Å². The van der Waals surface area contributed by atoms with Crippen LogP contribution in [-0.4, -0.2) is 56.7 Å². The average molecular weight is 375 g/mol. The van der Waals surface area contributed by atoms with Crippen LogP contribution in [0.5, 0.6) is 5.75 Å². The molecule has 1 saturated heterocycles. The molecule has 1 aliphatic rings. The molecule has 2 rings (SSSR count). The molecule has 0 radical (unpaired) electrons. The van der Waals surface area contributed by atoms with Crippen molar-refractivity contribution in [1.82, 2.24) is 4.31 Å². The summed E-state index contributed by atoms with van der Waals surface area (Å²) in [7, 11) is -2.62. The number of aliphatic carboxylic acids is 1. The molecule has 0 aliphatic carbocycles. The summed E-state index contributed by atoms with van der Waals surface area (Å²) in [4.78, 5) is 10.9. The SMILES string of the molecule is COCCOc1ccc(F)cc1S(=O)(=O)N1CC(C(=O)O)CCC1C. The number of methoxy groups -OCH3 is 1. The minimum absolute atomic E-state index is 0.0168. The van der Waals surface area contributed by atoms with Crippen LogP contribution in [0.1, 0.15) is 19.8 Å². The summed E-state index contributed by atoms with van der Waals surface area (Å²) < 4.78 is 51.1. The Hall–Kier alpha value is -1.71. The number of halogens is 1. The maximum Gasteiger partial charge on any atom is 0.307 e. The molecule has 2 atom stereocenters. The highest BCUT2D eigenvalue weighted by Crippen LogP contribution is 2.33. The zero-order chi connectivity index (χ0) is 18.6. The van der Waals surface area contributed by atoms with Crippen molar-refractivity contribution in [2.75, 3.05) is 26.9 Å². The van der Waals surface area contributed by atoms with Crippen LogP contribution in [0.15, 0.2) is 23.1 Å². The number of benzene rings is 1. The van der Waals surface area contributed by atoms with Gasteiger partial charge in [0, 0.05) is 19.7 Å². The maximum atomic E-state index is 13.7. The van der Waals surface area contributed by atoms with Gasteiger partial charge in [-0.05, 0) is 38.0 Å². The molecule has 9 heteroatoms. The lowest BCUT2D eigenvalue weighted by molar-refractivity contribution is -0.143. The maximum absolute atomic E-state index is 13.7. The lowest BCUT2D eigenvalue weighted by Gasteiger charge is -2.35. The molecular weight excluding hydrogens is 353 g/mol. The van der Waals surface area contributed by atoms with Gasteiger partial charge in [0.15, 0.2) is 0 Å². The first-order chi connectivity index (χ1) is 11.8. The van der Waals surface area contributed by atoms with Gasteiger partial charge in [0.05, 0.1) is 12.5 Å². The fraction of sp³-hybridized carbons (Fsp3) is 0.562. The average Bonchev–Trinajstić information content (AvgIpc) is 2.56. The molecule has 2 unspecified atom stereocenters. The van der Waals surface area contributed by atoms with E-state index in [2.05, 4.69) is 0 Å². The highest BCUT2D eigenvalue weighted by Gasteiger charge is 2.38. The molecule has 140 valence electrons. The van der Waals surface area contributed by atoms with Crippen LogP contribution < -0.4 is 4.74 Å². The van der Waals surface area contributed by atoms with Gasteiger partial charge in [-0.25, -0.2) is 12.8 Å². The molecule has 0 amide bonds. The quantitative estimate of drug-likeness (QED) is 0.730. The molecule has 0 aromatic heterocycles. The number of carbonyl (C=O) groups is 1. The van der Waals surface area contributed by atoms with Crippen LogP contribution in [0.2, 0.25) is 0 Å². The Morgan fingerprint density at radius 1 is 1.36 bits per heavy atom. The Bertz CT molecular complexity index is 723. The summed E-state index contributed by atoms with van der Waals surface area (Å²) in [5.41, 5.74) is 0. The Morgan fingerprint density at radius 3 is 2.72 bits per heavy atom. The zero-order valence-electron chi connectivity index (χ0n) is 14.1. The van der Waals surface area contributed by atoms with Gasteiger partial charge in [-0.3, -0.25) is 4.79 Å². The number of nitrogens with zero attached hydrogens (tertiary/aromatic N) is 1. The topological polar surface area (TPSA) is 93.1 Å². The van der Waals surface area contributed by atoms with E-state index >= 15 is 0 Å². The number of piperidine rings is 1. The highest BCUT2D eigenvalue weighted by atomic mass is 32.2. The van der Waals surface area contributed by atoms with Crippen molar-refractivity contribution in [2.24, 2.45) is 5.92 Å². The fourth-order valence-corrected chi connectivity index (χ4v) is 4.63. The number of hydrogen-bond donors (Lipinski definition) is 1. The number of ether oxygens (including phenoxy) is 2. The van der Waals surface area contributed by atoms with Crippen molar-refractivity contribution in [2.45, 2.75) is 30.7 Å². The minimum Gasteiger partial charge on any atom is -0.490 e. The molecule has 7 nitrogen and oxygen atoms in total. The van der Waals surface area contributed by atoms with E-state index in [0.717, 1.165) is 16.4 Å². The Morgan fingerprint density at radius 2 is 2.08 bits per heavy atom. The fourth-order valence-electron chi connectivity index (χ4n) is 2.78. The molecule has 1 heterocycles.